The predicted octanol–water partition coefficient (Wildman–Crippen LogP) is 5.64. The number of allylic oxidation sites excluding steroid dienone is 1. The molecule has 0 aliphatic carbocycles. The lowest BCUT2D eigenvalue weighted by Crippen LogP contribution is -1.91. The van der Waals surface area contributed by atoms with Crippen LogP contribution < -0.4 is 0 Å². The Bertz CT molecular complexity index is 280. The second kappa shape index (κ2) is 13.3. The Labute approximate surface area is 112 Å². The van der Waals surface area contributed by atoms with Crippen LogP contribution in [0.3, 0.4) is 0 Å². The van der Waals surface area contributed by atoms with E-state index >= 15 is 0 Å². The molecule has 2 rings (SSSR count). The summed E-state index contributed by atoms with van der Waals surface area (Å²) in [6.45, 7) is 8.00. The summed E-state index contributed by atoms with van der Waals surface area (Å²) < 4.78 is 0. The average Bonchev–Trinajstić information content (AvgIpc) is 2.45. The Morgan fingerprint density at radius 2 is 1.82 bits per heavy atom. The molecule has 0 amide bonds. The summed E-state index contributed by atoms with van der Waals surface area (Å²) in [5.41, 5.74) is 1.13. The monoisotopic (exact) mass is 253 g/mol. The molecule has 0 saturated heterocycles. The summed E-state index contributed by atoms with van der Waals surface area (Å²) in [6.07, 6.45) is 6.65. The van der Waals surface area contributed by atoms with Crippen molar-refractivity contribution < 1.29 is 0 Å². The van der Waals surface area contributed by atoms with Gasteiger partial charge >= 0.3 is 0 Å². The molecule has 0 aromatic carbocycles. The minimum atomic E-state index is 0. The molecule has 1 nitrogen and oxygen atoms in total. The summed E-state index contributed by atoms with van der Waals surface area (Å²) in [4.78, 5) is 5.66. The van der Waals surface area contributed by atoms with Crippen molar-refractivity contribution in [1.29, 1.82) is 0 Å². The van der Waals surface area contributed by atoms with Gasteiger partial charge < -0.3 is 0 Å². The van der Waals surface area contributed by atoms with Crippen molar-refractivity contribution in [3.63, 3.8) is 0 Å². The van der Waals surface area contributed by atoms with Gasteiger partial charge in [-0.15, -0.1) is 11.8 Å². The van der Waals surface area contributed by atoms with Crippen LogP contribution in [0.1, 0.15) is 53.7 Å². The Hall–Kier alpha value is -0.760. The molecule has 17 heavy (non-hydrogen) atoms. The molecule has 0 N–H and O–H groups in total. The van der Waals surface area contributed by atoms with Gasteiger partial charge in [-0.1, -0.05) is 47.3 Å². The van der Waals surface area contributed by atoms with Crippen LogP contribution in [0.25, 0.3) is 4.91 Å². The van der Waals surface area contributed by atoms with Gasteiger partial charge in [-0.3, -0.25) is 4.98 Å². The van der Waals surface area contributed by atoms with Gasteiger partial charge in [0, 0.05) is 11.1 Å². The lowest BCUT2D eigenvalue weighted by atomic mass is 10.2. The second-order valence-corrected chi connectivity index (χ2v) is 3.91. The normalized spacial score (nSPS) is 12.8. The molecule has 0 saturated carbocycles. The van der Waals surface area contributed by atoms with E-state index in [4.69, 9.17) is 0 Å². The minimum Gasteiger partial charge on any atom is -0.256 e. The number of pyridine rings is 1. The largest absolute Gasteiger partial charge is 0.256 e. The number of hydrogen-bond donors (Lipinski definition) is 0. The SMILES string of the molecule is C.C1=C(c2ccccn2)SCCC1.CC.CC. The quantitative estimate of drug-likeness (QED) is 0.642. The molecule has 1 aromatic heterocycles. The first kappa shape index (κ1) is 18.6. The van der Waals surface area contributed by atoms with Crippen LogP contribution >= 0.6 is 11.8 Å². The zero-order valence-electron chi connectivity index (χ0n) is 10.9. The molecular weight excluding hydrogens is 226 g/mol. The van der Waals surface area contributed by atoms with E-state index in [-0.39, 0.29) is 7.43 Å². The van der Waals surface area contributed by atoms with Crippen LogP contribution in [0.15, 0.2) is 30.5 Å². The summed E-state index contributed by atoms with van der Waals surface area (Å²) in [5.74, 6) is 1.24. The number of aromatic nitrogens is 1. The standard InChI is InChI=1S/C10H11NS.2C2H6.CH4/c1-3-7-11-9(5-1)10-6-2-4-8-12-10;2*1-2;/h1,3,5-7H,2,4,8H2;2*1-2H3;1H4. The van der Waals surface area contributed by atoms with Crippen LogP contribution in [0, 0.1) is 0 Å². The highest BCUT2D eigenvalue weighted by molar-refractivity contribution is 8.08. The number of rotatable bonds is 1. The van der Waals surface area contributed by atoms with Gasteiger partial charge in [-0.25, -0.2) is 0 Å². The van der Waals surface area contributed by atoms with Crippen LogP contribution in [-0.4, -0.2) is 10.7 Å². The molecule has 1 aliphatic rings. The van der Waals surface area contributed by atoms with E-state index < -0.39 is 0 Å². The maximum atomic E-state index is 4.31. The maximum absolute atomic E-state index is 4.31. The fourth-order valence-electron chi connectivity index (χ4n) is 1.24. The van der Waals surface area contributed by atoms with Crippen molar-refractivity contribution in [3.05, 3.63) is 36.2 Å². The van der Waals surface area contributed by atoms with Crippen molar-refractivity contribution in [2.75, 3.05) is 5.75 Å². The van der Waals surface area contributed by atoms with Gasteiger partial charge in [0.2, 0.25) is 0 Å². The zero-order valence-corrected chi connectivity index (χ0v) is 11.7. The summed E-state index contributed by atoms with van der Waals surface area (Å²) in [5, 5.41) is 0. The van der Waals surface area contributed by atoms with E-state index in [1.807, 2.05) is 57.8 Å². The molecule has 2 heterocycles. The Morgan fingerprint density at radius 1 is 1.12 bits per heavy atom. The van der Waals surface area contributed by atoms with Gasteiger partial charge in [0.05, 0.1) is 5.69 Å². The molecule has 0 fully saturated rings. The molecule has 98 valence electrons. The third kappa shape index (κ3) is 7.22. The summed E-state index contributed by atoms with van der Waals surface area (Å²) >= 11 is 1.91. The van der Waals surface area contributed by atoms with E-state index in [2.05, 4.69) is 17.1 Å². The van der Waals surface area contributed by atoms with Crippen LogP contribution in [-0.2, 0) is 0 Å². The first-order chi connectivity index (χ1) is 7.97. The van der Waals surface area contributed by atoms with Crippen molar-refractivity contribution >= 4 is 16.7 Å². The highest BCUT2D eigenvalue weighted by atomic mass is 32.2. The predicted molar refractivity (Wildman–Crippen MR) is 83.3 cm³/mol. The number of hydrogen-bond acceptors (Lipinski definition) is 2. The average molecular weight is 253 g/mol. The minimum absolute atomic E-state index is 0. The first-order valence-electron chi connectivity index (χ1n) is 6.21. The molecule has 1 aromatic rings. The molecular formula is C15H27NS. The molecule has 2 heteroatoms. The molecule has 0 bridgehead atoms. The molecule has 1 aliphatic heterocycles. The smallest absolute Gasteiger partial charge is 0.0762 e. The van der Waals surface area contributed by atoms with E-state index in [1.54, 1.807) is 0 Å². The van der Waals surface area contributed by atoms with Crippen LogP contribution in [0.2, 0.25) is 0 Å². The van der Waals surface area contributed by atoms with Crippen molar-refractivity contribution in [2.45, 2.75) is 48.0 Å². The van der Waals surface area contributed by atoms with Crippen LogP contribution in [0.5, 0.6) is 0 Å². The summed E-state index contributed by atoms with van der Waals surface area (Å²) in [6, 6.07) is 6.07. The highest BCUT2D eigenvalue weighted by Gasteiger charge is 2.06. The lowest BCUT2D eigenvalue weighted by Gasteiger charge is -2.10. The molecule has 0 radical (unpaired) electrons. The Balaban J connectivity index is 0. The van der Waals surface area contributed by atoms with Gasteiger partial charge in [-0.05, 0) is 30.7 Å². The highest BCUT2D eigenvalue weighted by Crippen LogP contribution is 2.30. The molecule has 0 atom stereocenters. The lowest BCUT2D eigenvalue weighted by molar-refractivity contribution is 0.967. The topological polar surface area (TPSA) is 12.9 Å². The number of thioether (sulfide) groups is 1. The van der Waals surface area contributed by atoms with E-state index in [0.717, 1.165) is 5.69 Å². The van der Waals surface area contributed by atoms with Gasteiger partial charge in [0.25, 0.3) is 0 Å². The van der Waals surface area contributed by atoms with Gasteiger partial charge in [0.15, 0.2) is 0 Å². The fourth-order valence-corrected chi connectivity index (χ4v) is 2.28. The number of nitrogens with zero attached hydrogens (tertiary/aromatic N) is 1. The van der Waals surface area contributed by atoms with E-state index in [1.165, 1.54) is 23.5 Å². The van der Waals surface area contributed by atoms with Gasteiger partial charge in [0.1, 0.15) is 0 Å². The Morgan fingerprint density at radius 3 is 2.29 bits per heavy atom. The maximum Gasteiger partial charge on any atom is 0.0762 e. The fraction of sp³-hybridized carbons (Fsp3) is 0.533. The van der Waals surface area contributed by atoms with Crippen molar-refractivity contribution in [3.8, 4) is 0 Å². The second-order valence-electron chi connectivity index (χ2n) is 2.77. The van der Waals surface area contributed by atoms with E-state index in [9.17, 15) is 0 Å². The van der Waals surface area contributed by atoms with Crippen molar-refractivity contribution in [2.24, 2.45) is 0 Å². The zero-order chi connectivity index (χ0) is 12.2. The third-order valence-corrected chi connectivity index (χ3v) is 3.03. The van der Waals surface area contributed by atoms with Crippen molar-refractivity contribution in [1.82, 2.24) is 4.98 Å². The molecule has 0 unspecified atom stereocenters. The third-order valence-electron chi connectivity index (χ3n) is 1.85. The van der Waals surface area contributed by atoms with E-state index in [0.29, 0.717) is 0 Å². The van der Waals surface area contributed by atoms with Crippen LogP contribution in [0.4, 0.5) is 0 Å². The molecule has 0 spiro atoms. The first-order valence-corrected chi connectivity index (χ1v) is 7.20. The van der Waals surface area contributed by atoms with Gasteiger partial charge in [-0.2, -0.15) is 0 Å². The summed E-state index contributed by atoms with van der Waals surface area (Å²) in [7, 11) is 0. The Kier molecular flexibility index (Phi) is 14.6.